The molecule has 1 aliphatic rings. The van der Waals surface area contributed by atoms with Gasteiger partial charge in [0.1, 0.15) is 4.88 Å². The lowest BCUT2D eigenvalue weighted by molar-refractivity contribution is -0.134. The fourth-order valence-electron chi connectivity index (χ4n) is 1.97. The molecule has 8 heteroatoms. The molecule has 0 saturated carbocycles. The third kappa shape index (κ3) is 4.92. The zero-order valence-electron chi connectivity index (χ0n) is 11.1. The molecule has 0 amide bonds. The van der Waals surface area contributed by atoms with E-state index in [1.165, 1.54) is 0 Å². The Balaban J connectivity index is 1.60. The fraction of sp³-hybridized carbons (Fsp3) is 0.750. The smallest absolute Gasteiger partial charge is 0.379 e. The highest BCUT2D eigenvalue weighted by molar-refractivity contribution is 7.15. The third-order valence-corrected chi connectivity index (χ3v) is 4.07. The van der Waals surface area contributed by atoms with Gasteiger partial charge in [-0.1, -0.05) is 11.3 Å². The second-order valence-electron chi connectivity index (χ2n) is 4.62. The quantitative estimate of drug-likeness (QED) is 0.820. The lowest BCUT2D eigenvalue weighted by Gasteiger charge is -2.26. The first kappa shape index (κ1) is 15.5. The highest BCUT2D eigenvalue weighted by Crippen LogP contribution is 2.34. The summed E-state index contributed by atoms with van der Waals surface area (Å²) in [6, 6.07) is 0. The Bertz CT molecular complexity index is 405. The van der Waals surface area contributed by atoms with Crippen molar-refractivity contribution in [1.29, 1.82) is 0 Å². The average molecular weight is 309 g/mol. The number of hydrogen-bond donors (Lipinski definition) is 1. The van der Waals surface area contributed by atoms with Crippen molar-refractivity contribution in [1.82, 2.24) is 9.88 Å². The molecule has 0 spiro atoms. The minimum atomic E-state index is -4.30. The van der Waals surface area contributed by atoms with Gasteiger partial charge in [-0.25, -0.2) is 4.98 Å². The van der Waals surface area contributed by atoms with Gasteiger partial charge in [0.05, 0.1) is 19.4 Å². The van der Waals surface area contributed by atoms with E-state index in [2.05, 4.69) is 15.2 Å². The van der Waals surface area contributed by atoms with Crippen molar-refractivity contribution in [2.45, 2.75) is 19.0 Å². The lowest BCUT2D eigenvalue weighted by Crippen LogP contribution is -2.36. The van der Waals surface area contributed by atoms with Crippen LogP contribution in [0.4, 0.5) is 18.3 Å². The van der Waals surface area contributed by atoms with Crippen molar-refractivity contribution in [2.75, 3.05) is 44.7 Å². The van der Waals surface area contributed by atoms with E-state index in [1.807, 2.05) is 0 Å². The third-order valence-electron chi connectivity index (χ3n) is 3.07. The van der Waals surface area contributed by atoms with E-state index >= 15 is 0 Å². The van der Waals surface area contributed by atoms with E-state index in [-0.39, 0.29) is 0 Å². The highest BCUT2D eigenvalue weighted by Gasteiger charge is 2.33. The summed E-state index contributed by atoms with van der Waals surface area (Å²) < 4.78 is 42.4. The lowest BCUT2D eigenvalue weighted by atomic mass is 10.3. The van der Waals surface area contributed by atoms with Crippen molar-refractivity contribution >= 4 is 16.5 Å². The number of alkyl halides is 3. The van der Waals surface area contributed by atoms with Gasteiger partial charge in [0, 0.05) is 19.6 Å². The molecular formula is C12H18F3N3OS. The number of ether oxygens (including phenoxy) is 1. The maximum absolute atomic E-state index is 12.4. The topological polar surface area (TPSA) is 37.4 Å². The summed E-state index contributed by atoms with van der Waals surface area (Å²) in [7, 11) is 0. The molecule has 0 radical (unpaired) electrons. The molecule has 114 valence electrons. The predicted molar refractivity (Wildman–Crippen MR) is 72.1 cm³/mol. The van der Waals surface area contributed by atoms with Crippen molar-refractivity contribution in [3.8, 4) is 0 Å². The number of unbranched alkanes of at least 4 members (excludes halogenated alkanes) is 1. The number of hydrogen-bond acceptors (Lipinski definition) is 5. The molecule has 1 aromatic heterocycles. The molecule has 0 bridgehead atoms. The van der Waals surface area contributed by atoms with Crippen LogP contribution in [-0.2, 0) is 10.9 Å². The molecular weight excluding hydrogens is 291 g/mol. The monoisotopic (exact) mass is 309 g/mol. The van der Waals surface area contributed by atoms with Crippen molar-refractivity contribution in [2.24, 2.45) is 0 Å². The number of anilines is 1. The Morgan fingerprint density at radius 1 is 1.30 bits per heavy atom. The highest BCUT2D eigenvalue weighted by atomic mass is 32.1. The number of thiazole rings is 1. The van der Waals surface area contributed by atoms with Gasteiger partial charge >= 0.3 is 6.18 Å². The van der Waals surface area contributed by atoms with Crippen molar-refractivity contribution in [3.63, 3.8) is 0 Å². The first-order valence-electron chi connectivity index (χ1n) is 6.63. The number of nitrogens with zero attached hydrogens (tertiary/aromatic N) is 2. The molecule has 0 aliphatic carbocycles. The van der Waals surface area contributed by atoms with E-state index in [4.69, 9.17) is 4.74 Å². The molecule has 20 heavy (non-hydrogen) atoms. The molecule has 1 fully saturated rings. The Hall–Kier alpha value is -0.860. The zero-order valence-corrected chi connectivity index (χ0v) is 11.9. The van der Waals surface area contributed by atoms with Crippen LogP contribution in [0.25, 0.3) is 0 Å². The average Bonchev–Trinajstić information content (AvgIpc) is 2.88. The Kier molecular flexibility index (Phi) is 5.62. The first-order valence-corrected chi connectivity index (χ1v) is 7.44. The summed E-state index contributed by atoms with van der Waals surface area (Å²) in [5.41, 5.74) is 0. The van der Waals surface area contributed by atoms with Crippen LogP contribution in [0.5, 0.6) is 0 Å². The summed E-state index contributed by atoms with van der Waals surface area (Å²) in [4.78, 5) is 5.41. The van der Waals surface area contributed by atoms with Crippen molar-refractivity contribution < 1.29 is 17.9 Å². The normalized spacial score (nSPS) is 17.4. The molecule has 4 nitrogen and oxygen atoms in total. The van der Waals surface area contributed by atoms with Crippen LogP contribution in [0.3, 0.4) is 0 Å². The summed E-state index contributed by atoms with van der Waals surface area (Å²) in [5, 5.41) is 3.28. The van der Waals surface area contributed by atoms with Gasteiger partial charge in [-0.15, -0.1) is 0 Å². The van der Waals surface area contributed by atoms with Gasteiger partial charge in [-0.3, -0.25) is 4.90 Å². The number of nitrogens with one attached hydrogen (secondary N) is 1. The summed E-state index contributed by atoms with van der Waals surface area (Å²) >= 11 is 0.652. The second kappa shape index (κ2) is 7.24. The molecule has 1 aliphatic heterocycles. The number of aromatic nitrogens is 1. The number of halogens is 3. The summed E-state index contributed by atoms with van der Waals surface area (Å²) in [6.07, 6.45) is -1.49. The van der Waals surface area contributed by atoms with Crippen LogP contribution < -0.4 is 5.32 Å². The van der Waals surface area contributed by atoms with E-state index in [1.54, 1.807) is 0 Å². The maximum atomic E-state index is 12.4. The molecule has 1 aromatic rings. The fourth-order valence-corrected chi connectivity index (χ4v) is 2.68. The van der Waals surface area contributed by atoms with Crippen LogP contribution in [0, 0.1) is 0 Å². The van der Waals surface area contributed by atoms with Gasteiger partial charge in [0.25, 0.3) is 0 Å². The van der Waals surface area contributed by atoms with Crippen molar-refractivity contribution in [3.05, 3.63) is 11.1 Å². The standard InChI is InChI=1S/C12H18F3N3OS/c13-12(14,15)10-9-17-11(20-10)16-3-1-2-4-18-5-7-19-8-6-18/h9H,1-8H2,(H,16,17). The van der Waals surface area contributed by atoms with E-state index in [0.717, 1.165) is 51.9 Å². The number of rotatable bonds is 6. The van der Waals surface area contributed by atoms with Crippen LogP contribution in [-0.4, -0.2) is 49.3 Å². The molecule has 0 unspecified atom stereocenters. The Labute approximate surface area is 119 Å². The van der Waals surface area contributed by atoms with Gasteiger partial charge < -0.3 is 10.1 Å². The Morgan fingerprint density at radius 2 is 2.05 bits per heavy atom. The van der Waals surface area contributed by atoms with Gasteiger partial charge in [0.2, 0.25) is 0 Å². The minimum Gasteiger partial charge on any atom is -0.379 e. The molecule has 2 rings (SSSR count). The SMILES string of the molecule is FC(F)(F)c1cnc(NCCCCN2CCOCC2)s1. The summed E-state index contributed by atoms with van der Waals surface area (Å²) in [5.74, 6) is 0. The Morgan fingerprint density at radius 3 is 2.70 bits per heavy atom. The molecule has 2 heterocycles. The maximum Gasteiger partial charge on any atom is 0.427 e. The van der Waals surface area contributed by atoms with Gasteiger partial charge in [-0.05, 0) is 19.4 Å². The predicted octanol–water partition coefficient (Wildman–Crippen LogP) is 2.69. The zero-order chi connectivity index (χ0) is 14.4. The van der Waals surface area contributed by atoms with Crippen LogP contribution >= 0.6 is 11.3 Å². The summed E-state index contributed by atoms with van der Waals surface area (Å²) in [6.45, 7) is 5.17. The second-order valence-corrected chi connectivity index (χ2v) is 5.65. The molecule has 1 N–H and O–H groups in total. The van der Waals surface area contributed by atoms with Crippen LogP contribution in [0.1, 0.15) is 17.7 Å². The largest absolute Gasteiger partial charge is 0.427 e. The minimum absolute atomic E-state index is 0.337. The van der Waals surface area contributed by atoms with E-state index in [9.17, 15) is 13.2 Å². The first-order chi connectivity index (χ1) is 9.55. The molecule has 0 aromatic carbocycles. The van der Waals surface area contributed by atoms with Gasteiger partial charge in [0.15, 0.2) is 5.13 Å². The van der Waals surface area contributed by atoms with E-state index in [0.29, 0.717) is 23.0 Å². The van der Waals surface area contributed by atoms with Crippen LogP contribution in [0.15, 0.2) is 6.20 Å². The van der Waals surface area contributed by atoms with Crippen LogP contribution in [0.2, 0.25) is 0 Å². The molecule has 1 saturated heterocycles. The van der Waals surface area contributed by atoms with E-state index < -0.39 is 11.1 Å². The van der Waals surface area contributed by atoms with Gasteiger partial charge in [-0.2, -0.15) is 13.2 Å². The number of morpholine rings is 1. The molecule has 0 atom stereocenters.